The fourth-order valence-electron chi connectivity index (χ4n) is 2.07. The van der Waals surface area contributed by atoms with Gasteiger partial charge in [0.2, 0.25) is 5.91 Å². The Morgan fingerprint density at radius 1 is 1.13 bits per heavy atom. The lowest BCUT2D eigenvalue weighted by molar-refractivity contribution is -0.117. The molecule has 2 aromatic rings. The van der Waals surface area contributed by atoms with Crippen molar-refractivity contribution in [3.63, 3.8) is 0 Å². The molecule has 1 atom stereocenters. The van der Waals surface area contributed by atoms with Crippen LogP contribution in [0.4, 0.5) is 5.69 Å². The Bertz CT molecular complexity index is 698. The highest BCUT2D eigenvalue weighted by Crippen LogP contribution is 2.12. The predicted octanol–water partition coefficient (Wildman–Crippen LogP) is 3.66. The fraction of sp³-hybridized carbons (Fsp3) is 0.222. The van der Waals surface area contributed by atoms with Gasteiger partial charge in [-0.15, -0.1) is 0 Å². The molecule has 4 nitrogen and oxygen atoms in total. The first-order valence-corrected chi connectivity index (χ1v) is 7.83. The predicted molar refractivity (Wildman–Crippen MR) is 92.8 cm³/mol. The number of hydrogen-bond acceptors (Lipinski definition) is 2. The summed E-state index contributed by atoms with van der Waals surface area (Å²) in [6.07, 6.45) is 0.895. The number of aryl methyl sites for hydroxylation is 1. The Balaban J connectivity index is 1.96. The van der Waals surface area contributed by atoms with Crippen LogP contribution in [-0.4, -0.2) is 17.9 Å². The van der Waals surface area contributed by atoms with Gasteiger partial charge < -0.3 is 10.6 Å². The van der Waals surface area contributed by atoms with Crippen molar-refractivity contribution in [1.82, 2.24) is 5.32 Å². The lowest BCUT2D eigenvalue weighted by atomic mass is 10.1. The maximum absolute atomic E-state index is 12.2. The summed E-state index contributed by atoms with van der Waals surface area (Å²) in [6, 6.07) is 13.5. The molecule has 23 heavy (non-hydrogen) atoms. The van der Waals surface area contributed by atoms with Gasteiger partial charge in [0.25, 0.3) is 5.91 Å². The average Bonchev–Trinajstić information content (AvgIpc) is 2.55. The van der Waals surface area contributed by atoms with Crippen molar-refractivity contribution in [2.24, 2.45) is 0 Å². The molecule has 0 radical (unpaired) electrons. The Morgan fingerprint density at radius 3 is 2.48 bits per heavy atom. The van der Waals surface area contributed by atoms with Crippen LogP contribution in [0.15, 0.2) is 48.5 Å². The van der Waals surface area contributed by atoms with E-state index in [1.807, 2.05) is 24.3 Å². The van der Waals surface area contributed by atoms with Crippen LogP contribution in [0.1, 0.15) is 29.8 Å². The van der Waals surface area contributed by atoms with E-state index in [-0.39, 0.29) is 11.8 Å². The van der Waals surface area contributed by atoms with Crippen LogP contribution in [0.5, 0.6) is 0 Å². The lowest BCUT2D eigenvalue weighted by Crippen LogP contribution is -2.41. The molecule has 0 spiro atoms. The maximum atomic E-state index is 12.2. The minimum absolute atomic E-state index is 0.263. The number of hydrogen-bond donors (Lipinski definition) is 2. The van der Waals surface area contributed by atoms with Gasteiger partial charge in [0.15, 0.2) is 0 Å². The molecular weight excluding hydrogens is 312 g/mol. The molecule has 2 amide bonds. The highest BCUT2D eigenvalue weighted by Gasteiger charge is 2.16. The van der Waals surface area contributed by atoms with Gasteiger partial charge in [0, 0.05) is 16.3 Å². The van der Waals surface area contributed by atoms with Gasteiger partial charge in [-0.1, -0.05) is 30.7 Å². The zero-order valence-electron chi connectivity index (χ0n) is 13.1. The number of amides is 2. The second kappa shape index (κ2) is 7.79. The summed E-state index contributed by atoms with van der Waals surface area (Å²) < 4.78 is 0. The van der Waals surface area contributed by atoms with E-state index in [1.165, 1.54) is 0 Å². The van der Waals surface area contributed by atoms with E-state index < -0.39 is 6.04 Å². The van der Waals surface area contributed by atoms with Crippen LogP contribution in [0.3, 0.4) is 0 Å². The number of nitrogens with one attached hydrogen (secondary N) is 2. The molecule has 0 saturated heterocycles. The first-order chi connectivity index (χ1) is 11.0. The van der Waals surface area contributed by atoms with Crippen molar-refractivity contribution in [2.45, 2.75) is 26.3 Å². The van der Waals surface area contributed by atoms with Crippen molar-refractivity contribution < 1.29 is 9.59 Å². The highest BCUT2D eigenvalue weighted by atomic mass is 35.5. The molecule has 0 aliphatic rings. The third-order valence-corrected chi connectivity index (χ3v) is 3.70. The molecule has 0 heterocycles. The van der Waals surface area contributed by atoms with Crippen molar-refractivity contribution >= 4 is 29.1 Å². The van der Waals surface area contributed by atoms with Gasteiger partial charge in [-0.2, -0.15) is 0 Å². The summed E-state index contributed by atoms with van der Waals surface area (Å²) in [7, 11) is 0. The second-order valence-electron chi connectivity index (χ2n) is 5.25. The summed E-state index contributed by atoms with van der Waals surface area (Å²) >= 11 is 5.79. The SMILES string of the molecule is CCc1cccc(NC(=O)C(C)NC(=O)c2ccc(Cl)cc2)c1. The first kappa shape index (κ1) is 17.0. The monoisotopic (exact) mass is 330 g/mol. The fourth-order valence-corrected chi connectivity index (χ4v) is 2.19. The molecule has 120 valence electrons. The summed E-state index contributed by atoms with van der Waals surface area (Å²) in [5.74, 6) is -0.577. The van der Waals surface area contributed by atoms with E-state index in [0.717, 1.165) is 17.7 Å². The van der Waals surface area contributed by atoms with Crippen LogP contribution >= 0.6 is 11.6 Å². The number of halogens is 1. The Hall–Kier alpha value is -2.33. The minimum atomic E-state index is -0.650. The van der Waals surface area contributed by atoms with E-state index in [9.17, 15) is 9.59 Å². The molecule has 0 aromatic heterocycles. The minimum Gasteiger partial charge on any atom is -0.341 e. The number of rotatable bonds is 5. The zero-order chi connectivity index (χ0) is 16.8. The van der Waals surface area contributed by atoms with Gasteiger partial charge in [0.1, 0.15) is 6.04 Å². The third kappa shape index (κ3) is 4.83. The highest BCUT2D eigenvalue weighted by molar-refractivity contribution is 6.30. The van der Waals surface area contributed by atoms with E-state index in [2.05, 4.69) is 17.6 Å². The summed E-state index contributed by atoms with van der Waals surface area (Å²) in [6.45, 7) is 3.70. The summed E-state index contributed by atoms with van der Waals surface area (Å²) in [5.41, 5.74) is 2.32. The topological polar surface area (TPSA) is 58.2 Å². The van der Waals surface area contributed by atoms with Crippen LogP contribution in [-0.2, 0) is 11.2 Å². The third-order valence-electron chi connectivity index (χ3n) is 3.45. The molecular formula is C18H19ClN2O2. The largest absolute Gasteiger partial charge is 0.341 e. The number of carbonyl (C=O) groups is 2. The second-order valence-corrected chi connectivity index (χ2v) is 5.68. The van der Waals surface area contributed by atoms with Crippen LogP contribution < -0.4 is 10.6 Å². The molecule has 0 bridgehead atoms. The van der Waals surface area contributed by atoms with Crippen molar-refractivity contribution in [2.75, 3.05) is 5.32 Å². The Kier molecular flexibility index (Phi) is 5.77. The number of benzene rings is 2. The van der Waals surface area contributed by atoms with E-state index in [1.54, 1.807) is 31.2 Å². The molecule has 2 N–H and O–H groups in total. The van der Waals surface area contributed by atoms with Crippen molar-refractivity contribution in [1.29, 1.82) is 0 Å². The van der Waals surface area contributed by atoms with Crippen LogP contribution in [0.25, 0.3) is 0 Å². The van der Waals surface area contributed by atoms with E-state index in [0.29, 0.717) is 10.6 Å². The van der Waals surface area contributed by atoms with Gasteiger partial charge in [-0.25, -0.2) is 0 Å². The quantitative estimate of drug-likeness (QED) is 0.879. The molecule has 5 heteroatoms. The molecule has 1 unspecified atom stereocenters. The van der Waals surface area contributed by atoms with E-state index in [4.69, 9.17) is 11.6 Å². The normalized spacial score (nSPS) is 11.6. The van der Waals surface area contributed by atoms with Gasteiger partial charge >= 0.3 is 0 Å². The zero-order valence-corrected chi connectivity index (χ0v) is 13.9. The van der Waals surface area contributed by atoms with E-state index >= 15 is 0 Å². The molecule has 0 aliphatic heterocycles. The molecule has 2 rings (SSSR count). The van der Waals surface area contributed by atoms with Gasteiger partial charge in [-0.05, 0) is 55.3 Å². The molecule has 2 aromatic carbocycles. The Morgan fingerprint density at radius 2 is 1.83 bits per heavy atom. The molecule has 0 saturated carbocycles. The standard InChI is InChI=1S/C18H19ClN2O2/c1-3-13-5-4-6-16(11-13)21-17(22)12(2)20-18(23)14-7-9-15(19)10-8-14/h4-12H,3H2,1-2H3,(H,20,23)(H,21,22). The number of carbonyl (C=O) groups excluding carboxylic acids is 2. The summed E-state index contributed by atoms with van der Waals surface area (Å²) in [5, 5.41) is 6.04. The van der Waals surface area contributed by atoms with Crippen molar-refractivity contribution in [3.05, 3.63) is 64.7 Å². The average molecular weight is 331 g/mol. The van der Waals surface area contributed by atoms with Crippen molar-refractivity contribution in [3.8, 4) is 0 Å². The summed E-state index contributed by atoms with van der Waals surface area (Å²) in [4.78, 5) is 24.3. The molecule has 0 fully saturated rings. The van der Waals surface area contributed by atoms with Gasteiger partial charge in [0.05, 0.1) is 0 Å². The first-order valence-electron chi connectivity index (χ1n) is 7.46. The molecule has 0 aliphatic carbocycles. The number of anilines is 1. The smallest absolute Gasteiger partial charge is 0.251 e. The van der Waals surface area contributed by atoms with Gasteiger partial charge in [-0.3, -0.25) is 9.59 Å². The lowest BCUT2D eigenvalue weighted by Gasteiger charge is -2.14. The maximum Gasteiger partial charge on any atom is 0.251 e. The Labute approximate surface area is 140 Å². The van der Waals surface area contributed by atoms with Crippen LogP contribution in [0, 0.1) is 0 Å². The van der Waals surface area contributed by atoms with Crippen LogP contribution in [0.2, 0.25) is 5.02 Å².